The Balaban J connectivity index is 1.71. The van der Waals surface area contributed by atoms with E-state index in [-0.39, 0.29) is 10.8 Å². The maximum Gasteiger partial charge on any atom is 0.261 e. The van der Waals surface area contributed by atoms with Crippen LogP contribution < -0.4 is 10.0 Å². The fraction of sp³-hybridized carbons (Fsp3) is 0.136. The molecule has 150 valence electrons. The van der Waals surface area contributed by atoms with Gasteiger partial charge in [-0.25, -0.2) is 8.42 Å². The van der Waals surface area contributed by atoms with Crippen molar-refractivity contribution in [2.24, 2.45) is 0 Å². The Hall–Kier alpha value is -2.77. The van der Waals surface area contributed by atoms with E-state index in [0.717, 1.165) is 21.9 Å². The first-order valence-corrected chi connectivity index (χ1v) is 11.6. The standard InChI is InChI=1S/C22H22N2O3S2/c1-3-28-21-7-5-4-6-20(21)23-22(25)17-10-12-18(13-11-17)24-29(26,27)19-14-8-16(2)9-15-19/h4-15,24H,3H2,1-2H3,(H,23,25). The highest BCUT2D eigenvalue weighted by Gasteiger charge is 2.14. The Morgan fingerprint density at radius 2 is 1.59 bits per heavy atom. The molecule has 0 saturated heterocycles. The summed E-state index contributed by atoms with van der Waals surface area (Å²) in [6.45, 7) is 3.95. The van der Waals surface area contributed by atoms with Crippen LogP contribution in [0.5, 0.6) is 0 Å². The fourth-order valence-corrected chi connectivity index (χ4v) is 4.49. The molecule has 0 fully saturated rings. The number of hydrogen-bond acceptors (Lipinski definition) is 4. The number of carbonyl (C=O) groups is 1. The number of aryl methyl sites for hydroxylation is 1. The second-order valence-corrected chi connectivity index (χ2v) is 9.37. The summed E-state index contributed by atoms with van der Waals surface area (Å²) in [5, 5.41) is 2.91. The molecule has 0 aliphatic rings. The first kappa shape index (κ1) is 21.0. The van der Waals surface area contributed by atoms with Crippen LogP contribution >= 0.6 is 11.8 Å². The number of carbonyl (C=O) groups excluding carboxylic acids is 1. The van der Waals surface area contributed by atoms with Crippen molar-refractivity contribution in [1.29, 1.82) is 0 Å². The Morgan fingerprint density at radius 3 is 2.24 bits per heavy atom. The quantitative estimate of drug-likeness (QED) is 0.512. The molecule has 0 bridgehead atoms. The Morgan fingerprint density at radius 1 is 0.931 bits per heavy atom. The van der Waals surface area contributed by atoms with E-state index in [4.69, 9.17) is 0 Å². The molecule has 3 rings (SSSR count). The van der Waals surface area contributed by atoms with Gasteiger partial charge in [0.2, 0.25) is 0 Å². The molecule has 0 aromatic heterocycles. The van der Waals surface area contributed by atoms with Crippen molar-refractivity contribution >= 4 is 39.1 Å². The average Bonchev–Trinajstić information content (AvgIpc) is 2.70. The molecule has 2 N–H and O–H groups in total. The summed E-state index contributed by atoms with van der Waals surface area (Å²) >= 11 is 1.66. The van der Waals surface area contributed by atoms with E-state index < -0.39 is 10.0 Å². The van der Waals surface area contributed by atoms with Crippen LogP contribution in [-0.4, -0.2) is 20.1 Å². The molecule has 1 amide bonds. The second kappa shape index (κ2) is 9.15. The lowest BCUT2D eigenvalue weighted by molar-refractivity contribution is 0.102. The molecule has 3 aromatic rings. The first-order valence-electron chi connectivity index (χ1n) is 9.12. The Bertz CT molecular complexity index is 1090. The van der Waals surface area contributed by atoms with Crippen molar-refractivity contribution in [3.63, 3.8) is 0 Å². The van der Waals surface area contributed by atoms with E-state index in [1.165, 1.54) is 0 Å². The zero-order valence-electron chi connectivity index (χ0n) is 16.2. The van der Waals surface area contributed by atoms with Crippen LogP contribution in [0.1, 0.15) is 22.8 Å². The van der Waals surface area contributed by atoms with Gasteiger partial charge in [0, 0.05) is 16.1 Å². The lowest BCUT2D eigenvalue weighted by Gasteiger charge is -2.11. The van der Waals surface area contributed by atoms with Gasteiger partial charge in [-0.3, -0.25) is 9.52 Å². The van der Waals surface area contributed by atoms with E-state index in [1.54, 1.807) is 60.3 Å². The third-order valence-electron chi connectivity index (χ3n) is 4.17. The minimum absolute atomic E-state index is 0.190. The second-order valence-electron chi connectivity index (χ2n) is 6.38. The summed E-state index contributed by atoms with van der Waals surface area (Å²) in [7, 11) is -3.68. The highest BCUT2D eigenvalue weighted by Crippen LogP contribution is 2.27. The topological polar surface area (TPSA) is 75.3 Å². The van der Waals surface area contributed by atoms with Gasteiger partial charge in [-0.05, 0) is 61.2 Å². The number of anilines is 2. The normalized spacial score (nSPS) is 11.1. The fourth-order valence-electron chi connectivity index (χ4n) is 2.67. The third-order valence-corrected chi connectivity index (χ3v) is 6.52. The van der Waals surface area contributed by atoms with Crippen molar-refractivity contribution in [2.75, 3.05) is 15.8 Å². The molecule has 0 aliphatic heterocycles. The van der Waals surface area contributed by atoms with E-state index in [9.17, 15) is 13.2 Å². The number of nitrogens with one attached hydrogen (secondary N) is 2. The molecule has 0 radical (unpaired) electrons. The predicted octanol–water partition coefficient (Wildman–Crippen LogP) is 5.16. The van der Waals surface area contributed by atoms with E-state index >= 15 is 0 Å². The van der Waals surface area contributed by atoms with Crippen LogP contribution in [0, 0.1) is 6.92 Å². The van der Waals surface area contributed by atoms with Crippen molar-refractivity contribution in [3.8, 4) is 0 Å². The molecule has 0 spiro atoms. The number of rotatable bonds is 7. The third kappa shape index (κ3) is 5.40. The van der Waals surface area contributed by atoms with Gasteiger partial charge < -0.3 is 5.32 Å². The largest absolute Gasteiger partial charge is 0.321 e. The van der Waals surface area contributed by atoms with Gasteiger partial charge in [0.15, 0.2) is 0 Å². The monoisotopic (exact) mass is 426 g/mol. The number of benzene rings is 3. The minimum Gasteiger partial charge on any atom is -0.321 e. The van der Waals surface area contributed by atoms with Gasteiger partial charge in [0.1, 0.15) is 0 Å². The smallest absolute Gasteiger partial charge is 0.261 e. The molecule has 0 saturated carbocycles. The summed E-state index contributed by atoms with van der Waals surface area (Å²) in [5.74, 6) is 0.657. The summed E-state index contributed by atoms with van der Waals surface area (Å²) in [6, 6.07) is 20.6. The number of sulfonamides is 1. The van der Waals surface area contributed by atoms with Gasteiger partial charge in [-0.15, -0.1) is 11.8 Å². The molecule has 0 atom stereocenters. The molecule has 0 unspecified atom stereocenters. The zero-order valence-corrected chi connectivity index (χ0v) is 17.8. The maximum atomic E-state index is 12.6. The van der Waals surface area contributed by atoms with Gasteiger partial charge in [0.25, 0.3) is 15.9 Å². The molecule has 3 aromatic carbocycles. The molecule has 7 heteroatoms. The van der Waals surface area contributed by atoms with Crippen molar-refractivity contribution in [2.45, 2.75) is 23.6 Å². The zero-order chi connectivity index (χ0) is 20.9. The summed E-state index contributed by atoms with van der Waals surface area (Å²) in [4.78, 5) is 13.8. The summed E-state index contributed by atoms with van der Waals surface area (Å²) in [5.41, 5.74) is 2.58. The molecule has 29 heavy (non-hydrogen) atoms. The number of thioether (sulfide) groups is 1. The van der Waals surface area contributed by atoms with Gasteiger partial charge in [0.05, 0.1) is 10.6 Å². The van der Waals surface area contributed by atoms with Crippen LogP contribution in [-0.2, 0) is 10.0 Å². The van der Waals surface area contributed by atoms with Gasteiger partial charge in [-0.1, -0.05) is 36.8 Å². The highest BCUT2D eigenvalue weighted by molar-refractivity contribution is 7.99. The molecular formula is C22H22N2O3S2. The summed E-state index contributed by atoms with van der Waals surface area (Å²) < 4.78 is 27.5. The van der Waals surface area contributed by atoms with Crippen LogP contribution in [0.3, 0.4) is 0 Å². The average molecular weight is 427 g/mol. The molecule has 0 aliphatic carbocycles. The van der Waals surface area contributed by atoms with Crippen molar-refractivity contribution in [1.82, 2.24) is 0 Å². The Kier molecular flexibility index (Phi) is 6.61. The highest BCUT2D eigenvalue weighted by atomic mass is 32.2. The van der Waals surface area contributed by atoms with Crippen molar-refractivity contribution < 1.29 is 13.2 Å². The SMILES string of the molecule is CCSc1ccccc1NC(=O)c1ccc(NS(=O)(=O)c2ccc(C)cc2)cc1. The Labute approximate surface area is 175 Å². The first-order chi connectivity index (χ1) is 13.9. The number of amides is 1. The molecule has 0 heterocycles. The van der Waals surface area contributed by atoms with E-state index in [1.807, 2.05) is 31.2 Å². The van der Waals surface area contributed by atoms with Crippen LogP contribution in [0.25, 0.3) is 0 Å². The number of para-hydroxylation sites is 1. The van der Waals surface area contributed by atoms with Gasteiger partial charge in [-0.2, -0.15) is 0 Å². The lowest BCUT2D eigenvalue weighted by atomic mass is 10.2. The van der Waals surface area contributed by atoms with E-state index in [0.29, 0.717) is 11.3 Å². The molecule has 5 nitrogen and oxygen atoms in total. The van der Waals surface area contributed by atoms with Crippen molar-refractivity contribution in [3.05, 3.63) is 83.9 Å². The minimum atomic E-state index is -3.68. The predicted molar refractivity (Wildman–Crippen MR) is 119 cm³/mol. The number of hydrogen-bond donors (Lipinski definition) is 2. The van der Waals surface area contributed by atoms with Crippen LogP contribution in [0.4, 0.5) is 11.4 Å². The van der Waals surface area contributed by atoms with E-state index in [2.05, 4.69) is 17.0 Å². The maximum absolute atomic E-state index is 12.6. The van der Waals surface area contributed by atoms with Crippen LogP contribution in [0.2, 0.25) is 0 Å². The molecular weight excluding hydrogens is 404 g/mol. The van der Waals surface area contributed by atoms with Crippen LogP contribution in [0.15, 0.2) is 82.6 Å². The lowest BCUT2D eigenvalue weighted by Crippen LogP contribution is -2.14. The van der Waals surface area contributed by atoms with Gasteiger partial charge >= 0.3 is 0 Å². The summed E-state index contributed by atoms with van der Waals surface area (Å²) in [6.07, 6.45) is 0.